The monoisotopic (exact) mass is 266 g/mol. The van der Waals surface area contributed by atoms with Gasteiger partial charge in [0.15, 0.2) is 5.78 Å². The van der Waals surface area contributed by atoms with Gasteiger partial charge in [0.2, 0.25) is 0 Å². The lowest BCUT2D eigenvalue weighted by atomic mass is 10.0. The van der Waals surface area contributed by atoms with E-state index in [4.69, 9.17) is 0 Å². The Morgan fingerprint density at radius 2 is 1.40 bits per heavy atom. The van der Waals surface area contributed by atoms with Crippen molar-refractivity contribution in [1.29, 1.82) is 0 Å². The van der Waals surface area contributed by atoms with Crippen LogP contribution >= 0.6 is 0 Å². The van der Waals surface area contributed by atoms with Crippen LogP contribution in [0.1, 0.15) is 30.5 Å². The minimum atomic E-state index is 0.0979. The van der Waals surface area contributed by atoms with E-state index in [9.17, 15) is 4.79 Å². The minimum absolute atomic E-state index is 0.0979. The van der Waals surface area contributed by atoms with Crippen molar-refractivity contribution in [1.82, 2.24) is 0 Å². The van der Waals surface area contributed by atoms with Crippen LogP contribution in [0.15, 0.2) is 60.7 Å². The maximum absolute atomic E-state index is 10.9. The molecule has 0 bridgehead atoms. The first-order valence-corrected chi connectivity index (χ1v) is 6.77. The molecule has 0 aliphatic heterocycles. The summed E-state index contributed by atoms with van der Waals surface area (Å²) in [6.45, 7) is 7.66. The van der Waals surface area contributed by atoms with Gasteiger partial charge in [-0.2, -0.15) is 0 Å². The highest BCUT2D eigenvalue weighted by Gasteiger charge is 1.99. The summed E-state index contributed by atoms with van der Waals surface area (Å²) in [7, 11) is 0. The fourth-order valence-corrected chi connectivity index (χ4v) is 1.93. The van der Waals surface area contributed by atoms with E-state index in [1.54, 1.807) is 13.0 Å². The number of hydrogen-bond donors (Lipinski definition) is 0. The molecule has 0 unspecified atom stereocenters. The Labute approximate surface area is 122 Å². The van der Waals surface area contributed by atoms with Crippen molar-refractivity contribution in [3.8, 4) is 0 Å². The Bertz CT molecular complexity index is 580. The highest BCUT2D eigenvalue weighted by molar-refractivity contribution is 5.94. The van der Waals surface area contributed by atoms with Gasteiger partial charge < -0.3 is 0 Å². The highest BCUT2D eigenvalue weighted by Crippen LogP contribution is 2.17. The van der Waals surface area contributed by atoms with Gasteiger partial charge in [0.05, 0.1) is 0 Å². The summed E-state index contributed by atoms with van der Waals surface area (Å²) in [6, 6.07) is 18.3. The lowest BCUT2D eigenvalue weighted by Crippen LogP contribution is -1.88. The molecule has 1 nitrogen and oxygen atoms in total. The zero-order chi connectivity index (χ0) is 15.0. The summed E-state index contributed by atoms with van der Waals surface area (Å²) >= 11 is 0. The molecule has 2 aromatic rings. The number of ketones is 1. The number of carbonyl (C=O) groups excluding carboxylic acids is 1. The summed E-state index contributed by atoms with van der Waals surface area (Å²) < 4.78 is 0. The second-order valence-corrected chi connectivity index (χ2v) is 4.91. The van der Waals surface area contributed by atoms with Crippen molar-refractivity contribution in [3.63, 3.8) is 0 Å². The average molecular weight is 266 g/mol. The number of aryl methyl sites for hydroxylation is 2. The number of hydrogen-bond acceptors (Lipinski definition) is 1. The molecule has 0 aliphatic carbocycles. The summed E-state index contributed by atoms with van der Waals surface area (Å²) in [4.78, 5) is 10.9. The van der Waals surface area contributed by atoms with Crippen molar-refractivity contribution >= 4 is 11.4 Å². The molecule has 0 aromatic heterocycles. The Morgan fingerprint density at radius 1 is 0.850 bits per heavy atom. The predicted octanol–water partition coefficient (Wildman–Crippen LogP) is 4.98. The smallest absolute Gasteiger partial charge is 0.152 e. The van der Waals surface area contributed by atoms with E-state index in [2.05, 4.69) is 19.1 Å². The predicted molar refractivity (Wildman–Crippen MR) is 86.7 cm³/mol. The van der Waals surface area contributed by atoms with Crippen LogP contribution in [0.3, 0.4) is 0 Å². The van der Waals surface area contributed by atoms with Crippen LogP contribution in [0.4, 0.5) is 0 Å². The fourth-order valence-electron chi connectivity index (χ4n) is 1.93. The standard InChI is InChI=1S/C12H14O.C7H8/c1-9-6-4-5-7-12(9)10(2)8-11(3)13;1-7-5-3-2-4-6-7/h4-8H,1-3H3;2-6H,1H3/b10-8-;. The third kappa shape index (κ3) is 5.66. The van der Waals surface area contributed by atoms with Gasteiger partial charge >= 0.3 is 0 Å². The van der Waals surface area contributed by atoms with E-state index in [1.807, 2.05) is 56.3 Å². The third-order valence-corrected chi connectivity index (χ3v) is 2.93. The SMILES string of the molecule is CC(=O)/C=C(/C)c1ccccc1C.Cc1ccccc1. The van der Waals surface area contributed by atoms with Gasteiger partial charge in [-0.1, -0.05) is 60.2 Å². The van der Waals surface area contributed by atoms with Gasteiger partial charge in [0, 0.05) is 0 Å². The molecule has 0 amide bonds. The van der Waals surface area contributed by atoms with Crippen LogP contribution in [0.2, 0.25) is 0 Å². The maximum atomic E-state index is 10.9. The van der Waals surface area contributed by atoms with Gasteiger partial charge in [-0.25, -0.2) is 0 Å². The second kappa shape index (κ2) is 8.11. The van der Waals surface area contributed by atoms with Gasteiger partial charge in [0.1, 0.15) is 0 Å². The molecule has 0 radical (unpaired) electrons. The number of allylic oxidation sites excluding steroid dienone is 2. The Kier molecular flexibility index (Phi) is 6.45. The van der Waals surface area contributed by atoms with Crippen molar-refractivity contribution < 1.29 is 4.79 Å². The zero-order valence-corrected chi connectivity index (χ0v) is 12.7. The quantitative estimate of drug-likeness (QED) is 0.700. The van der Waals surface area contributed by atoms with Crippen LogP contribution in [-0.2, 0) is 4.79 Å². The Balaban J connectivity index is 0.000000240. The molecule has 0 N–H and O–H groups in total. The molecule has 20 heavy (non-hydrogen) atoms. The lowest BCUT2D eigenvalue weighted by Gasteiger charge is -2.04. The molecule has 2 rings (SSSR count). The molecule has 1 heteroatoms. The van der Waals surface area contributed by atoms with Crippen molar-refractivity contribution in [3.05, 3.63) is 77.4 Å². The summed E-state index contributed by atoms with van der Waals surface area (Å²) in [6.07, 6.45) is 1.67. The van der Waals surface area contributed by atoms with Crippen LogP contribution < -0.4 is 0 Å². The normalized spacial score (nSPS) is 10.5. The van der Waals surface area contributed by atoms with Gasteiger partial charge in [-0.15, -0.1) is 0 Å². The van der Waals surface area contributed by atoms with Gasteiger partial charge in [0.25, 0.3) is 0 Å². The van der Waals surface area contributed by atoms with Crippen molar-refractivity contribution in [2.24, 2.45) is 0 Å². The molecule has 0 atom stereocenters. The van der Waals surface area contributed by atoms with E-state index in [0.717, 1.165) is 11.1 Å². The first-order valence-electron chi connectivity index (χ1n) is 6.77. The van der Waals surface area contributed by atoms with E-state index < -0.39 is 0 Å². The Morgan fingerprint density at radius 3 is 1.85 bits per heavy atom. The van der Waals surface area contributed by atoms with Gasteiger partial charge in [-0.05, 0) is 50.5 Å². The molecular formula is C19H22O. The largest absolute Gasteiger partial charge is 0.295 e. The summed E-state index contributed by atoms with van der Waals surface area (Å²) in [5.74, 6) is 0.0979. The fraction of sp³-hybridized carbons (Fsp3) is 0.211. The van der Waals surface area contributed by atoms with Crippen molar-refractivity contribution in [2.75, 3.05) is 0 Å². The highest BCUT2D eigenvalue weighted by atomic mass is 16.1. The topological polar surface area (TPSA) is 17.1 Å². The molecule has 2 aromatic carbocycles. The first kappa shape index (κ1) is 15.9. The van der Waals surface area contributed by atoms with E-state index in [1.165, 1.54) is 11.1 Å². The molecule has 0 heterocycles. The summed E-state index contributed by atoms with van der Waals surface area (Å²) in [5, 5.41) is 0. The molecular weight excluding hydrogens is 244 g/mol. The molecule has 0 aliphatic rings. The second-order valence-electron chi connectivity index (χ2n) is 4.91. The molecule has 0 saturated heterocycles. The zero-order valence-electron chi connectivity index (χ0n) is 12.7. The number of carbonyl (C=O) groups is 1. The molecule has 104 valence electrons. The average Bonchev–Trinajstić information content (AvgIpc) is 2.40. The van der Waals surface area contributed by atoms with Crippen LogP contribution in [0.5, 0.6) is 0 Å². The Hall–Kier alpha value is -2.15. The number of rotatable bonds is 2. The van der Waals surface area contributed by atoms with Crippen molar-refractivity contribution in [2.45, 2.75) is 27.7 Å². The van der Waals surface area contributed by atoms with Gasteiger partial charge in [-0.3, -0.25) is 4.79 Å². The van der Waals surface area contributed by atoms with E-state index in [0.29, 0.717) is 0 Å². The van der Waals surface area contributed by atoms with Crippen LogP contribution in [0.25, 0.3) is 5.57 Å². The number of benzene rings is 2. The molecule has 0 spiro atoms. The minimum Gasteiger partial charge on any atom is -0.295 e. The van der Waals surface area contributed by atoms with Crippen LogP contribution in [-0.4, -0.2) is 5.78 Å². The third-order valence-electron chi connectivity index (χ3n) is 2.93. The van der Waals surface area contributed by atoms with Crippen LogP contribution in [0, 0.1) is 13.8 Å². The molecule has 0 saturated carbocycles. The molecule has 0 fully saturated rings. The summed E-state index contributed by atoms with van der Waals surface area (Å²) in [5.41, 5.74) is 4.71. The van der Waals surface area contributed by atoms with E-state index >= 15 is 0 Å². The lowest BCUT2D eigenvalue weighted by molar-refractivity contribution is -0.112. The maximum Gasteiger partial charge on any atom is 0.152 e. The first-order chi connectivity index (χ1) is 9.50. The van der Waals surface area contributed by atoms with E-state index in [-0.39, 0.29) is 5.78 Å².